The average molecular weight is 511 g/mol. The largest absolute Gasteiger partial charge is 0.447 e. The zero-order valence-electron chi connectivity index (χ0n) is 20.6. The van der Waals surface area contributed by atoms with Crippen molar-refractivity contribution in [3.05, 3.63) is 47.0 Å². The molecule has 0 aliphatic heterocycles. The summed E-state index contributed by atoms with van der Waals surface area (Å²) in [6.07, 6.45) is 6.43. The Morgan fingerprint density at radius 3 is 2.60 bits per heavy atom. The van der Waals surface area contributed by atoms with Gasteiger partial charge in [0, 0.05) is 49.0 Å². The summed E-state index contributed by atoms with van der Waals surface area (Å²) < 4.78 is 5.24. The van der Waals surface area contributed by atoms with Crippen LogP contribution in [0.25, 0.3) is 10.4 Å². The molecule has 2 aromatic heterocycles. The number of alkyl carbamates (subject to hydrolysis) is 1. The molecule has 186 valence electrons. The third kappa shape index (κ3) is 6.41. The summed E-state index contributed by atoms with van der Waals surface area (Å²) in [6.45, 7) is 5.76. The molecular weight excluding hydrogens is 476 g/mol. The van der Waals surface area contributed by atoms with Crippen LogP contribution in [-0.4, -0.2) is 33.7 Å². The highest BCUT2D eigenvalue weighted by Crippen LogP contribution is 2.46. The molecule has 1 amide bonds. The van der Waals surface area contributed by atoms with E-state index >= 15 is 0 Å². The molecule has 2 fully saturated rings. The van der Waals surface area contributed by atoms with Gasteiger partial charge in [0.2, 0.25) is 0 Å². The predicted molar refractivity (Wildman–Crippen MR) is 145 cm³/mol. The monoisotopic (exact) mass is 510 g/mol. The van der Waals surface area contributed by atoms with Crippen LogP contribution in [0.5, 0.6) is 0 Å². The lowest BCUT2D eigenvalue weighted by molar-refractivity contribution is 0.109. The summed E-state index contributed by atoms with van der Waals surface area (Å²) in [7, 11) is 0. The first-order valence-electron chi connectivity index (χ1n) is 12.6. The third-order valence-corrected chi connectivity index (χ3v) is 9.14. The summed E-state index contributed by atoms with van der Waals surface area (Å²) in [6, 6.07) is 13.5. The summed E-state index contributed by atoms with van der Waals surface area (Å²) in [5, 5.41) is 14.5. The molecule has 3 aromatic rings. The molecule has 2 saturated carbocycles. The normalized spacial score (nSPS) is 20.1. The average Bonchev–Trinajstić information content (AvgIpc) is 3.32. The van der Waals surface area contributed by atoms with E-state index in [0.717, 1.165) is 48.1 Å². The lowest BCUT2D eigenvalue weighted by Crippen LogP contribution is -2.38. The lowest BCUT2D eigenvalue weighted by atomic mass is 9.85. The maximum absolute atomic E-state index is 11.9. The lowest BCUT2D eigenvalue weighted by Gasteiger charge is -2.28. The number of anilines is 2. The fourth-order valence-electron chi connectivity index (χ4n) is 4.55. The second kappa shape index (κ2) is 10.7. The van der Waals surface area contributed by atoms with Crippen molar-refractivity contribution in [2.75, 3.05) is 5.32 Å². The number of hydrogen-bond donors (Lipinski definition) is 3. The number of hydrogen-bond acceptors (Lipinski definition) is 6. The molecule has 1 aromatic carbocycles. The number of nitrogens with one attached hydrogen (secondary N) is 3. The number of rotatable bonds is 8. The second-order valence-electron chi connectivity index (χ2n) is 9.94. The van der Waals surface area contributed by atoms with Crippen LogP contribution in [0.4, 0.5) is 16.3 Å². The van der Waals surface area contributed by atoms with Gasteiger partial charge in [-0.15, -0.1) is 23.1 Å². The Bertz CT molecular complexity index is 1160. The van der Waals surface area contributed by atoms with Crippen LogP contribution in [0, 0.1) is 6.92 Å². The minimum Gasteiger partial charge on any atom is -0.447 e. The van der Waals surface area contributed by atoms with E-state index < -0.39 is 0 Å². The number of nitrogens with zero attached hydrogens (tertiary/aromatic N) is 1. The number of amides is 1. The van der Waals surface area contributed by atoms with Crippen molar-refractivity contribution in [1.29, 1.82) is 0 Å². The van der Waals surface area contributed by atoms with E-state index in [1.807, 2.05) is 49.9 Å². The van der Waals surface area contributed by atoms with E-state index in [0.29, 0.717) is 5.92 Å². The van der Waals surface area contributed by atoms with Crippen molar-refractivity contribution in [2.24, 2.45) is 0 Å². The number of thiophene rings is 1. The maximum Gasteiger partial charge on any atom is 0.407 e. The van der Waals surface area contributed by atoms with Gasteiger partial charge in [-0.05, 0) is 89.5 Å². The van der Waals surface area contributed by atoms with Gasteiger partial charge in [0.25, 0.3) is 0 Å². The Morgan fingerprint density at radius 1 is 1.11 bits per heavy atom. The molecule has 0 radical (unpaired) electrons. The van der Waals surface area contributed by atoms with Gasteiger partial charge in [-0.25, -0.2) is 4.79 Å². The first-order chi connectivity index (χ1) is 16.9. The van der Waals surface area contributed by atoms with Gasteiger partial charge in [0.1, 0.15) is 0 Å². The molecule has 2 aliphatic rings. The number of H-pyrrole nitrogens is 1. The van der Waals surface area contributed by atoms with Crippen molar-refractivity contribution < 1.29 is 9.53 Å². The van der Waals surface area contributed by atoms with E-state index in [9.17, 15) is 4.79 Å². The topological polar surface area (TPSA) is 79.0 Å². The van der Waals surface area contributed by atoms with Crippen molar-refractivity contribution >= 4 is 40.7 Å². The maximum atomic E-state index is 11.9. The summed E-state index contributed by atoms with van der Waals surface area (Å²) in [5.41, 5.74) is 3.44. The highest BCUT2D eigenvalue weighted by atomic mass is 32.2. The van der Waals surface area contributed by atoms with Crippen LogP contribution in [0.1, 0.15) is 68.9 Å². The molecule has 2 aliphatic carbocycles. The zero-order valence-corrected chi connectivity index (χ0v) is 22.2. The van der Waals surface area contributed by atoms with E-state index in [4.69, 9.17) is 4.74 Å². The van der Waals surface area contributed by atoms with E-state index in [-0.39, 0.29) is 18.2 Å². The Hall–Kier alpha value is -2.45. The number of aromatic amines is 1. The highest BCUT2D eigenvalue weighted by Gasteiger charge is 2.27. The summed E-state index contributed by atoms with van der Waals surface area (Å²) in [4.78, 5) is 16.1. The number of benzene rings is 1. The predicted octanol–water partition coefficient (Wildman–Crippen LogP) is 7.61. The van der Waals surface area contributed by atoms with Gasteiger partial charge in [-0.2, -0.15) is 5.10 Å². The van der Waals surface area contributed by atoms with Crippen LogP contribution < -0.4 is 10.6 Å². The molecule has 0 bridgehead atoms. The number of aryl methyl sites for hydroxylation is 1. The van der Waals surface area contributed by atoms with Gasteiger partial charge in [-0.1, -0.05) is 6.07 Å². The molecule has 35 heavy (non-hydrogen) atoms. The Labute approximate surface area is 215 Å². The molecule has 6 nitrogen and oxygen atoms in total. The molecule has 5 rings (SSSR count). The molecule has 0 saturated heterocycles. The molecule has 2 heterocycles. The van der Waals surface area contributed by atoms with E-state index in [1.165, 1.54) is 33.1 Å². The SMILES string of the molecule is Cc1cc(Nc2ccc(-c3ccc([C@H]4CC[C@@H](NC(=O)OC(C)C)CC4)s3)c(SC3CC3)c2)n[nH]1. The fourth-order valence-corrected chi connectivity index (χ4v) is 7.06. The molecule has 3 N–H and O–H groups in total. The van der Waals surface area contributed by atoms with Crippen LogP contribution >= 0.6 is 23.1 Å². The van der Waals surface area contributed by atoms with Crippen molar-refractivity contribution in [1.82, 2.24) is 15.5 Å². The molecule has 0 unspecified atom stereocenters. The zero-order chi connectivity index (χ0) is 24.4. The highest BCUT2D eigenvalue weighted by molar-refractivity contribution is 8.00. The van der Waals surface area contributed by atoms with Crippen molar-refractivity contribution in [3.8, 4) is 10.4 Å². The van der Waals surface area contributed by atoms with E-state index in [2.05, 4.69) is 51.2 Å². The smallest absolute Gasteiger partial charge is 0.407 e. The van der Waals surface area contributed by atoms with Gasteiger partial charge >= 0.3 is 6.09 Å². The first-order valence-corrected chi connectivity index (χ1v) is 14.3. The molecular formula is C27H34N4O2S2. The second-order valence-corrected chi connectivity index (χ2v) is 12.4. The van der Waals surface area contributed by atoms with Gasteiger partial charge < -0.3 is 15.4 Å². The van der Waals surface area contributed by atoms with E-state index in [1.54, 1.807) is 0 Å². The summed E-state index contributed by atoms with van der Waals surface area (Å²) in [5.74, 6) is 1.41. The van der Waals surface area contributed by atoms with Gasteiger partial charge in [-0.3, -0.25) is 5.10 Å². The molecule has 8 heteroatoms. The first kappa shape index (κ1) is 24.3. The van der Waals surface area contributed by atoms with Gasteiger partial charge in [0.15, 0.2) is 5.82 Å². The van der Waals surface area contributed by atoms with Crippen LogP contribution in [-0.2, 0) is 4.74 Å². The Kier molecular flexibility index (Phi) is 7.39. The van der Waals surface area contributed by atoms with Crippen LogP contribution in [0.3, 0.4) is 0 Å². The summed E-state index contributed by atoms with van der Waals surface area (Å²) >= 11 is 3.93. The van der Waals surface area contributed by atoms with Crippen LogP contribution in [0.15, 0.2) is 41.3 Å². The van der Waals surface area contributed by atoms with Crippen LogP contribution in [0.2, 0.25) is 0 Å². The standard InChI is InChI=1S/C27H34N4O2S2/c1-16(2)33-27(32)29-19-6-4-18(5-7-19)23-12-13-24(35-23)22-11-8-20(15-25(22)34-21-9-10-21)28-26-14-17(3)30-31-26/h8,11-16,18-19,21H,4-7,9-10H2,1-3H3,(H,29,32)(H2,28,30,31)/t18-,19+. The van der Waals surface area contributed by atoms with Crippen molar-refractivity contribution in [2.45, 2.75) is 87.5 Å². The number of carbonyl (C=O) groups is 1. The molecule has 0 spiro atoms. The van der Waals surface area contributed by atoms with Gasteiger partial charge in [0.05, 0.1) is 6.10 Å². The quantitative estimate of drug-likeness (QED) is 0.291. The number of carbonyl (C=O) groups excluding carboxylic acids is 1. The number of ether oxygens (including phenoxy) is 1. The Morgan fingerprint density at radius 2 is 1.91 bits per heavy atom. The number of thioether (sulfide) groups is 1. The Balaban J connectivity index is 1.26. The minimum atomic E-state index is -0.289. The number of aromatic nitrogens is 2. The molecule has 0 atom stereocenters. The third-order valence-electron chi connectivity index (χ3n) is 6.46. The van der Waals surface area contributed by atoms with Crippen molar-refractivity contribution in [3.63, 3.8) is 0 Å². The minimum absolute atomic E-state index is 0.0850. The fraction of sp³-hybridized carbons (Fsp3) is 0.481.